The predicted octanol–water partition coefficient (Wildman–Crippen LogP) is 4.46. The summed E-state index contributed by atoms with van der Waals surface area (Å²) in [5.41, 5.74) is 1.74. The van der Waals surface area contributed by atoms with Crippen molar-refractivity contribution in [2.24, 2.45) is 0 Å². The molecule has 1 N–H and O–H groups in total. The summed E-state index contributed by atoms with van der Waals surface area (Å²) >= 11 is 1.40. The lowest BCUT2D eigenvalue weighted by Crippen LogP contribution is -2.29. The van der Waals surface area contributed by atoms with Gasteiger partial charge in [-0.25, -0.2) is 0 Å². The first-order chi connectivity index (χ1) is 15.9. The summed E-state index contributed by atoms with van der Waals surface area (Å²) in [7, 11) is 6.78. The summed E-state index contributed by atoms with van der Waals surface area (Å²) in [6, 6.07) is 15.3. The molecule has 0 spiro atoms. The summed E-state index contributed by atoms with van der Waals surface area (Å²) in [4.78, 5) is 30.7. The van der Waals surface area contributed by atoms with Crippen LogP contribution < -0.4 is 19.3 Å². The first-order valence-corrected chi connectivity index (χ1v) is 11.1. The monoisotopic (exact) mass is 464 g/mol. The molecule has 0 bridgehead atoms. The van der Waals surface area contributed by atoms with E-state index in [1.165, 1.54) is 30.5 Å². The van der Waals surface area contributed by atoms with Gasteiger partial charge < -0.3 is 19.5 Å². The molecule has 2 heterocycles. The molecule has 1 atom stereocenters. The molecule has 4 rings (SSSR count). The standard InChI is InChI=1S/C25H24N2O5S/c1-26(2)15-10-12-16(13-11-15)27-22(19-9-6-14-33-19)21(24(29)25(27)30)23(28)20-17(31-3)7-5-8-18(20)32-4/h5-14,22,28H,1-4H3/b23-21+. The summed E-state index contributed by atoms with van der Waals surface area (Å²) in [6.07, 6.45) is 0. The summed E-state index contributed by atoms with van der Waals surface area (Å²) in [6.45, 7) is 0. The molecule has 2 aromatic carbocycles. The second kappa shape index (κ2) is 8.99. The number of thiophene rings is 1. The van der Waals surface area contributed by atoms with Crippen molar-refractivity contribution < 1.29 is 24.2 Å². The second-order valence-electron chi connectivity index (χ2n) is 7.63. The Morgan fingerprint density at radius 1 is 0.970 bits per heavy atom. The number of Topliss-reactive ketones (excluding diaryl/α,β-unsaturated/α-hetero) is 1. The van der Waals surface area contributed by atoms with E-state index in [2.05, 4.69) is 0 Å². The molecular formula is C25H24N2O5S. The third kappa shape index (κ3) is 3.82. The van der Waals surface area contributed by atoms with Crippen LogP contribution in [0.15, 0.2) is 65.6 Å². The molecule has 33 heavy (non-hydrogen) atoms. The van der Waals surface area contributed by atoms with Crippen molar-refractivity contribution in [3.8, 4) is 11.5 Å². The molecule has 1 amide bonds. The molecule has 0 aliphatic carbocycles. The Kier molecular flexibility index (Phi) is 6.11. The number of aliphatic hydroxyl groups is 1. The van der Waals surface area contributed by atoms with Gasteiger partial charge in [0.15, 0.2) is 0 Å². The van der Waals surface area contributed by atoms with E-state index >= 15 is 0 Å². The molecule has 1 unspecified atom stereocenters. The maximum absolute atomic E-state index is 13.3. The third-order valence-electron chi connectivity index (χ3n) is 5.57. The fraction of sp³-hybridized carbons (Fsp3) is 0.200. The number of rotatable bonds is 6. The Hall–Kier alpha value is -3.78. The number of hydrogen-bond donors (Lipinski definition) is 1. The van der Waals surface area contributed by atoms with Crippen LogP contribution in [-0.4, -0.2) is 45.1 Å². The Bertz CT molecular complexity index is 1190. The van der Waals surface area contributed by atoms with Gasteiger partial charge in [-0.2, -0.15) is 0 Å². The van der Waals surface area contributed by atoms with Gasteiger partial charge in [0.25, 0.3) is 11.7 Å². The number of carbonyl (C=O) groups is 2. The van der Waals surface area contributed by atoms with Crippen molar-refractivity contribution in [3.05, 3.63) is 76.0 Å². The number of aliphatic hydroxyl groups excluding tert-OH is 1. The predicted molar refractivity (Wildman–Crippen MR) is 129 cm³/mol. The minimum Gasteiger partial charge on any atom is -0.506 e. The minimum absolute atomic E-state index is 0.0121. The van der Waals surface area contributed by atoms with E-state index in [-0.39, 0.29) is 16.9 Å². The van der Waals surface area contributed by atoms with Crippen LogP contribution in [0.5, 0.6) is 11.5 Å². The van der Waals surface area contributed by atoms with Crippen molar-refractivity contribution >= 4 is 40.2 Å². The van der Waals surface area contributed by atoms with Crippen molar-refractivity contribution in [2.75, 3.05) is 38.1 Å². The first-order valence-electron chi connectivity index (χ1n) is 10.2. The van der Waals surface area contributed by atoms with E-state index in [4.69, 9.17) is 9.47 Å². The van der Waals surface area contributed by atoms with Gasteiger partial charge in [0, 0.05) is 30.3 Å². The van der Waals surface area contributed by atoms with E-state index in [1.54, 1.807) is 30.3 Å². The zero-order valence-corrected chi connectivity index (χ0v) is 19.6. The van der Waals surface area contributed by atoms with Gasteiger partial charge in [-0.1, -0.05) is 12.1 Å². The molecule has 1 fully saturated rings. The molecule has 0 saturated carbocycles. The zero-order chi connectivity index (χ0) is 23.7. The number of carbonyl (C=O) groups excluding carboxylic acids is 2. The number of nitrogens with zero attached hydrogens (tertiary/aromatic N) is 2. The molecule has 7 nitrogen and oxygen atoms in total. The van der Waals surface area contributed by atoms with Gasteiger partial charge in [0.1, 0.15) is 28.9 Å². The quantitative estimate of drug-likeness (QED) is 0.330. The Morgan fingerprint density at radius 2 is 1.61 bits per heavy atom. The summed E-state index contributed by atoms with van der Waals surface area (Å²) in [5.74, 6) is -1.15. The van der Waals surface area contributed by atoms with Gasteiger partial charge in [-0.05, 0) is 47.8 Å². The van der Waals surface area contributed by atoms with E-state index in [9.17, 15) is 14.7 Å². The molecule has 0 radical (unpaired) electrons. The molecule has 1 aliphatic heterocycles. The summed E-state index contributed by atoms with van der Waals surface area (Å²) < 4.78 is 10.8. The highest BCUT2D eigenvalue weighted by atomic mass is 32.1. The highest BCUT2D eigenvalue weighted by molar-refractivity contribution is 7.10. The highest BCUT2D eigenvalue weighted by Crippen LogP contribution is 2.46. The van der Waals surface area contributed by atoms with Gasteiger partial charge >= 0.3 is 0 Å². The smallest absolute Gasteiger partial charge is 0.300 e. The van der Waals surface area contributed by atoms with Crippen LogP contribution in [0.2, 0.25) is 0 Å². The van der Waals surface area contributed by atoms with E-state index in [0.29, 0.717) is 17.2 Å². The second-order valence-corrected chi connectivity index (χ2v) is 8.61. The summed E-state index contributed by atoms with van der Waals surface area (Å²) in [5, 5.41) is 13.3. The number of ether oxygens (including phenoxy) is 2. The SMILES string of the molecule is COc1cccc(OC)c1/C(O)=C1\C(=O)C(=O)N(c2ccc(N(C)C)cc2)C1c1cccs1. The van der Waals surface area contributed by atoms with Crippen LogP contribution in [-0.2, 0) is 9.59 Å². The number of ketones is 1. The largest absolute Gasteiger partial charge is 0.506 e. The molecule has 170 valence electrons. The van der Waals surface area contributed by atoms with Crippen molar-refractivity contribution in [1.29, 1.82) is 0 Å². The molecule has 3 aromatic rings. The van der Waals surface area contributed by atoms with E-state index < -0.39 is 17.7 Å². The van der Waals surface area contributed by atoms with Crippen LogP contribution >= 0.6 is 11.3 Å². The lowest BCUT2D eigenvalue weighted by Gasteiger charge is -2.25. The fourth-order valence-corrected chi connectivity index (χ4v) is 4.77. The van der Waals surface area contributed by atoms with Crippen LogP contribution in [0.1, 0.15) is 16.5 Å². The molecule has 1 saturated heterocycles. The average Bonchev–Trinajstić information content (AvgIpc) is 3.45. The van der Waals surface area contributed by atoms with Gasteiger partial charge in [-0.15, -0.1) is 11.3 Å². The van der Waals surface area contributed by atoms with Gasteiger partial charge in [0.05, 0.1) is 19.8 Å². The fourth-order valence-electron chi connectivity index (χ4n) is 3.95. The average molecular weight is 465 g/mol. The van der Waals surface area contributed by atoms with Gasteiger partial charge in [0.2, 0.25) is 0 Å². The van der Waals surface area contributed by atoms with Crippen LogP contribution in [0, 0.1) is 0 Å². The zero-order valence-electron chi connectivity index (χ0n) is 18.7. The Morgan fingerprint density at radius 3 is 2.12 bits per heavy atom. The molecule has 1 aliphatic rings. The first kappa shape index (κ1) is 22.4. The Balaban J connectivity index is 1.94. The molecule has 1 aromatic heterocycles. The van der Waals surface area contributed by atoms with Crippen LogP contribution in [0.4, 0.5) is 11.4 Å². The van der Waals surface area contributed by atoms with Crippen molar-refractivity contribution in [3.63, 3.8) is 0 Å². The maximum atomic E-state index is 13.3. The number of benzene rings is 2. The minimum atomic E-state index is -0.787. The number of hydrogen-bond acceptors (Lipinski definition) is 7. The van der Waals surface area contributed by atoms with Crippen molar-refractivity contribution in [2.45, 2.75) is 6.04 Å². The molecular weight excluding hydrogens is 440 g/mol. The molecule has 8 heteroatoms. The lowest BCUT2D eigenvalue weighted by molar-refractivity contribution is -0.132. The van der Waals surface area contributed by atoms with Crippen LogP contribution in [0.25, 0.3) is 5.76 Å². The Labute approximate surface area is 196 Å². The van der Waals surface area contributed by atoms with E-state index in [0.717, 1.165) is 10.6 Å². The highest BCUT2D eigenvalue weighted by Gasteiger charge is 2.48. The third-order valence-corrected chi connectivity index (χ3v) is 6.49. The number of methoxy groups -OCH3 is 2. The van der Waals surface area contributed by atoms with Crippen LogP contribution in [0.3, 0.4) is 0 Å². The van der Waals surface area contributed by atoms with Gasteiger partial charge in [-0.3, -0.25) is 14.5 Å². The van der Waals surface area contributed by atoms with Crippen molar-refractivity contribution in [1.82, 2.24) is 0 Å². The van der Waals surface area contributed by atoms with E-state index in [1.807, 2.05) is 48.6 Å². The number of amides is 1. The lowest BCUT2D eigenvalue weighted by atomic mass is 9.98. The number of anilines is 2. The maximum Gasteiger partial charge on any atom is 0.300 e. The topological polar surface area (TPSA) is 79.3 Å². The normalized spacial score (nSPS) is 17.3.